The molecule has 26 heavy (non-hydrogen) atoms. The van der Waals surface area contributed by atoms with E-state index in [1.54, 1.807) is 19.2 Å². The van der Waals surface area contributed by atoms with E-state index in [4.69, 9.17) is 4.74 Å². The highest BCUT2D eigenvalue weighted by Gasteiger charge is 2.48. The van der Waals surface area contributed by atoms with Crippen LogP contribution in [-0.2, 0) is 9.84 Å². The first kappa shape index (κ1) is 17.3. The Morgan fingerprint density at radius 3 is 2.54 bits per heavy atom. The molecule has 5 heteroatoms. The molecule has 0 amide bonds. The smallest absolute Gasteiger partial charge is 0.190 e. The van der Waals surface area contributed by atoms with E-state index in [2.05, 4.69) is 11.0 Å². The van der Waals surface area contributed by atoms with E-state index in [0.29, 0.717) is 10.6 Å². The van der Waals surface area contributed by atoms with Crippen LogP contribution < -0.4 is 4.74 Å². The van der Waals surface area contributed by atoms with E-state index in [1.807, 2.05) is 39.2 Å². The fourth-order valence-electron chi connectivity index (χ4n) is 4.07. The molecule has 0 N–H and O–H groups in total. The topological polar surface area (TPSA) is 46.6 Å². The van der Waals surface area contributed by atoms with Gasteiger partial charge < -0.3 is 9.64 Å². The van der Waals surface area contributed by atoms with E-state index < -0.39 is 15.1 Å². The highest BCUT2D eigenvalue weighted by atomic mass is 32.2. The van der Waals surface area contributed by atoms with Crippen molar-refractivity contribution >= 4 is 21.0 Å². The van der Waals surface area contributed by atoms with Crippen LogP contribution >= 0.6 is 0 Å². The molecule has 4 rings (SSSR count). The Morgan fingerprint density at radius 2 is 1.85 bits per heavy atom. The third kappa shape index (κ3) is 2.42. The second kappa shape index (κ2) is 5.96. The Kier molecular flexibility index (Phi) is 3.97. The molecule has 2 aliphatic rings. The lowest BCUT2D eigenvalue weighted by Gasteiger charge is -2.14. The summed E-state index contributed by atoms with van der Waals surface area (Å²) in [5, 5.41) is -0.586. The minimum absolute atomic E-state index is 0.423. The van der Waals surface area contributed by atoms with E-state index in [1.165, 1.54) is 0 Å². The first-order chi connectivity index (χ1) is 12.3. The Hall–Kier alpha value is -2.11. The van der Waals surface area contributed by atoms with E-state index in [-0.39, 0.29) is 0 Å². The van der Waals surface area contributed by atoms with Crippen LogP contribution in [-0.4, -0.2) is 41.1 Å². The maximum Gasteiger partial charge on any atom is 0.190 e. The zero-order chi connectivity index (χ0) is 18.6. The van der Waals surface area contributed by atoms with Gasteiger partial charge >= 0.3 is 0 Å². The Labute approximate surface area is 155 Å². The summed E-state index contributed by atoms with van der Waals surface area (Å²) in [5.74, 6) is 0.686. The molecule has 0 saturated heterocycles. The van der Waals surface area contributed by atoms with Gasteiger partial charge in [-0.05, 0) is 67.9 Å². The van der Waals surface area contributed by atoms with Crippen molar-refractivity contribution < 1.29 is 13.2 Å². The first-order valence-electron chi connectivity index (χ1n) is 8.75. The molecule has 0 saturated carbocycles. The molecule has 4 nitrogen and oxygen atoms in total. The predicted molar refractivity (Wildman–Crippen MR) is 104 cm³/mol. The van der Waals surface area contributed by atoms with Gasteiger partial charge in [0.05, 0.1) is 12.0 Å². The van der Waals surface area contributed by atoms with Gasteiger partial charge in [-0.2, -0.15) is 0 Å². The van der Waals surface area contributed by atoms with Gasteiger partial charge in [0.15, 0.2) is 9.84 Å². The van der Waals surface area contributed by atoms with E-state index in [0.717, 1.165) is 46.4 Å². The summed E-state index contributed by atoms with van der Waals surface area (Å²) in [4.78, 5) is 2.55. The van der Waals surface area contributed by atoms with Crippen molar-refractivity contribution in [2.45, 2.75) is 23.5 Å². The lowest BCUT2D eigenvalue weighted by atomic mass is 9.97. The van der Waals surface area contributed by atoms with Crippen LogP contribution in [0.1, 0.15) is 33.9 Å². The number of nitrogens with zero attached hydrogens (tertiary/aromatic N) is 1. The molecule has 0 aromatic heterocycles. The summed E-state index contributed by atoms with van der Waals surface area (Å²) < 4.78 is 32.0. The minimum Gasteiger partial charge on any atom is -0.497 e. The fraction of sp³-hybridized carbons (Fsp3) is 0.333. The second-order valence-corrected chi connectivity index (χ2v) is 9.32. The molecule has 0 bridgehead atoms. The molecule has 1 heterocycles. The maximum atomic E-state index is 13.3. The summed E-state index contributed by atoms with van der Waals surface area (Å²) in [6.45, 7) is 2.92. The van der Waals surface area contributed by atoms with Gasteiger partial charge in [-0.15, -0.1) is 0 Å². The number of fused-ring (bicyclic) bond motifs is 5. The molecule has 1 aliphatic carbocycles. The number of methoxy groups -OCH3 is 1. The number of ether oxygens (including phenoxy) is 1. The van der Waals surface area contributed by atoms with Crippen molar-refractivity contribution in [1.82, 2.24) is 4.90 Å². The van der Waals surface area contributed by atoms with Crippen molar-refractivity contribution in [2.24, 2.45) is 0 Å². The van der Waals surface area contributed by atoms with Gasteiger partial charge in [-0.3, -0.25) is 0 Å². The Morgan fingerprint density at radius 1 is 1.08 bits per heavy atom. The zero-order valence-electron chi connectivity index (χ0n) is 15.5. The number of aryl methyl sites for hydroxylation is 1. The number of rotatable bonds is 4. The highest BCUT2D eigenvalue weighted by molar-refractivity contribution is 7.92. The average molecular weight is 369 g/mol. The van der Waals surface area contributed by atoms with E-state index in [9.17, 15) is 8.42 Å². The average Bonchev–Trinajstić information content (AvgIpc) is 3.04. The molecule has 1 atom stereocenters. The number of hydrogen-bond donors (Lipinski definition) is 0. The highest BCUT2D eigenvalue weighted by Crippen LogP contribution is 2.58. The third-order valence-corrected chi connectivity index (χ3v) is 7.39. The number of hydrogen-bond acceptors (Lipinski definition) is 4. The summed E-state index contributed by atoms with van der Waals surface area (Å²) in [7, 11) is 2.25. The predicted octanol–water partition coefficient (Wildman–Crippen LogP) is 3.71. The van der Waals surface area contributed by atoms with Crippen LogP contribution in [0.15, 0.2) is 41.3 Å². The van der Waals surface area contributed by atoms with Gasteiger partial charge in [-0.1, -0.05) is 23.8 Å². The van der Waals surface area contributed by atoms with Crippen LogP contribution in [0.5, 0.6) is 5.75 Å². The molecule has 0 radical (unpaired) electrons. The van der Waals surface area contributed by atoms with Crippen LogP contribution in [0, 0.1) is 6.92 Å². The van der Waals surface area contributed by atoms with Crippen molar-refractivity contribution in [3.05, 3.63) is 58.7 Å². The Bertz CT molecular complexity index is 1040. The summed E-state index contributed by atoms with van der Waals surface area (Å²) >= 11 is 0. The standard InChI is InChI=1S/C21H23NO3S/c1-13-5-7-16-17(11-13)15(9-10-22(2)3)20-18-12-14(25-4)6-8-19(18)26(23,24)21(16)20/h5-8,11-12,21H,9-10H2,1-4H3. The molecule has 2 aromatic carbocycles. The van der Waals surface area contributed by atoms with Gasteiger partial charge in [0.25, 0.3) is 0 Å². The molecule has 0 fully saturated rings. The van der Waals surface area contributed by atoms with Crippen LogP contribution in [0.25, 0.3) is 11.1 Å². The first-order valence-corrected chi connectivity index (χ1v) is 10.3. The summed E-state index contributed by atoms with van der Waals surface area (Å²) in [6.07, 6.45) is 0.821. The number of benzene rings is 2. The fourth-order valence-corrected chi connectivity index (χ4v) is 6.18. The minimum atomic E-state index is -3.43. The monoisotopic (exact) mass is 369 g/mol. The van der Waals surface area contributed by atoms with Crippen molar-refractivity contribution in [3.8, 4) is 5.75 Å². The molecule has 1 aliphatic heterocycles. The summed E-state index contributed by atoms with van der Waals surface area (Å²) in [5.41, 5.74) is 6.05. The Balaban J connectivity index is 2.01. The number of sulfone groups is 1. The third-order valence-electron chi connectivity index (χ3n) is 5.31. The normalized spacial score (nSPS) is 19.5. The lowest BCUT2D eigenvalue weighted by Crippen LogP contribution is -2.13. The van der Waals surface area contributed by atoms with Gasteiger partial charge in [0, 0.05) is 12.1 Å². The lowest BCUT2D eigenvalue weighted by molar-refractivity contribution is 0.414. The quantitative estimate of drug-likeness (QED) is 0.824. The van der Waals surface area contributed by atoms with Crippen molar-refractivity contribution in [2.75, 3.05) is 27.7 Å². The molecular formula is C21H23NO3S. The van der Waals surface area contributed by atoms with Gasteiger partial charge in [0.2, 0.25) is 0 Å². The van der Waals surface area contributed by atoms with Crippen LogP contribution in [0.4, 0.5) is 0 Å². The maximum absolute atomic E-state index is 13.3. The zero-order valence-corrected chi connectivity index (χ0v) is 16.4. The molecule has 2 aromatic rings. The van der Waals surface area contributed by atoms with Gasteiger partial charge in [0.1, 0.15) is 11.0 Å². The van der Waals surface area contributed by atoms with E-state index >= 15 is 0 Å². The molecule has 136 valence electrons. The SMILES string of the molecule is COc1ccc2c(c1)C1=C(CCN(C)C)c3cc(C)ccc3C1S2(=O)=O. The van der Waals surface area contributed by atoms with Gasteiger partial charge in [-0.25, -0.2) is 8.42 Å². The molecule has 1 unspecified atom stereocenters. The second-order valence-electron chi connectivity index (χ2n) is 7.32. The van der Waals surface area contributed by atoms with Crippen LogP contribution in [0.2, 0.25) is 0 Å². The van der Waals surface area contributed by atoms with Crippen molar-refractivity contribution in [3.63, 3.8) is 0 Å². The summed E-state index contributed by atoms with van der Waals surface area (Å²) in [6, 6.07) is 11.4. The molecule has 0 spiro atoms. The van der Waals surface area contributed by atoms with Crippen LogP contribution in [0.3, 0.4) is 0 Å². The molecular weight excluding hydrogens is 346 g/mol. The largest absolute Gasteiger partial charge is 0.497 e. The van der Waals surface area contributed by atoms with Crippen molar-refractivity contribution in [1.29, 1.82) is 0 Å².